The third-order valence-corrected chi connectivity index (χ3v) is 2.75. The number of carboxylic acid groups (broad SMARTS) is 2. The number of rotatable bonds is 2. The van der Waals surface area contributed by atoms with Crippen LogP contribution >= 0.6 is 31.9 Å². The molecule has 0 N–H and O–H groups in total. The summed E-state index contributed by atoms with van der Waals surface area (Å²) in [6, 6.07) is 2.87. The van der Waals surface area contributed by atoms with Gasteiger partial charge in [-0.05, 0) is 44.0 Å². The summed E-state index contributed by atoms with van der Waals surface area (Å²) in [5.41, 5.74) is 0.156. The molecule has 0 bridgehead atoms. The minimum Gasteiger partial charge on any atom is -0.545 e. The molecule has 0 aromatic carbocycles. The Balaban J connectivity index is 0. The first-order valence-electron chi connectivity index (χ1n) is 5.04. The average Bonchev–Trinajstić information content (AvgIpc) is 2.39. The first-order chi connectivity index (χ1) is 9.40. The summed E-state index contributed by atoms with van der Waals surface area (Å²) < 4.78 is 1.27. The van der Waals surface area contributed by atoms with Gasteiger partial charge in [-0.15, -0.1) is 0 Å². The van der Waals surface area contributed by atoms with E-state index < -0.39 is 11.9 Å². The molecular weight excluding hydrogens is 442 g/mol. The number of carbonyl (C=O) groups is 2. The Hall–Kier alpha value is 0.200. The van der Waals surface area contributed by atoms with Crippen LogP contribution in [0.25, 0.3) is 0 Å². The van der Waals surface area contributed by atoms with E-state index in [-0.39, 0.29) is 70.2 Å². The zero-order chi connectivity index (χ0) is 15.1. The topological polar surface area (TPSA) is 106 Å². The normalized spacial score (nSPS) is 8.45. The van der Waals surface area contributed by atoms with Crippen LogP contribution in [0, 0.1) is 0 Å². The number of aromatic nitrogens is 2. The van der Waals surface area contributed by atoms with Crippen molar-refractivity contribution in [3.8, 4) is 0 Å². The van der Waals surface area contributed by atoms with Crippen LogP contribution in [0.4, 0.5) is 0 Å². The van der Waals surface area contributed by atoms with Crippen LogP contribution in [0.15, 0.2) is 45.9 Å². The zero-order valence-corrected chi connectivity index (χ0v) is 18.9. The van der Waals surface area contributed by atoms with Crippen molar-refractivity contribution in [2.75, 3.05) is 0 Å². The van der Waals surface area contributed by atoms with Gasteiger partial charge in [0.2, 0.25) is 0 Å². The van der Waals surface area contributed by atoms with Crippen LogP contribution in [0.3, 0.4) is 0 Å². The largest absolute Gasteiger partial charge is 1.00 e. The Morgan fingerprint density at radius 1 is 0.773 bits per heavy atom. The smallest absolute Gasteiger partial charge is 0.545 e. The molecule has 0 unspecified atom stereocenters. The maximum atomic E-state index is 10.2. The number of nitrogens with zero attached hydrogens (tertiary/aromatic N) is 2. The Morgan fingerprint density at radius 3 is 1.27 bits per heavy atom. The molecule has 0 amide bonds. The maximum Gasteiger partial charge on any atom is 1.00 e. The quantitative estimate of drug-likeness (QED) is 0.425. The summed E-state index contributed by atoms with van der Waals surface area (Å²) in [6.07, 6.45) is 5.49. The first-order valence-corrected chi connectivity index (χ1v) is 6.62. The molecule has 6 nitrogen and oxygen atoms in total. The molecule has 0 atom stereocenters. The molecule has 0 fully saturated rings. The van der Waals surface area contributed by atoms with Crippen molar-refractivity contribution in [1.29, 1.82) is 0 Å². The predicted octanol–water partition coefficient (Wildman–Crippen LogP) is -5.58. The van der Waals surface area contributed by atoms with Crippen molar-refractivity contribution in [2.45, 2.75) is 0 Å². The van der Waals surface area contributed by atoms with Gasteiger partial charge >= 0.3 is 59.1 Å². The Morgan fingerprint density at radius 2 is 1.09 bits per heavy atom. The predicted molar refractivity (Wildman–Crippen MR) is 72.5 cm³/mol. The van der Waals surface area contributed by atoms with Gasteiger partial charge in [-0.2, -0.15) is 0 Å². The van der Waals surface area contributed by atoms with Crippen LogP contribution in [0.1, 0.15) is 20.7 Å². The summed E-state index contributed by atoms with van der Waals surface area (Å²) in [5.74, 6) is -2.43. The van der Waals surface area contributed by atoms with Gasteiger partial charge in [0, 0.05) is 44.9 Å². The van der Waals surface area contributed by atoms with Crippen LogP contribution in [-0.4, -0.2) is 21.9 Å². The molecule has 0 aliphatic carbocycles. The molecule has 0 radical (unpaired) electrons. The minimum absolute atomic E-state index is 0. The number of pyridine rings is 2. The van der Waals surface area contributed by atoms with E-state index in [4.69, 9.17) is 0 Å². The molecule has 0 aliphatic rings. The summed E-state index contributed by atoms with van der Waals surface area (Å²) in [5, 5.41) is 20.4. The third-order valence-electron chi connectivity index (χ3n) is 1.88. The van der Waals surface area contributed by atoms with Gasteiger partial charge in [0.05, 0.1) is 11.9 Å². The van der Waals surface area contributed by atoms with Crippen molar-refractivity contribution in [2.24, 2.45) is 0 Å². The second kappa shape index (κ2) is 12.6. The fourth-order valence-electron chi connectivity index (χ4n) is 1.05. The van der Waals surface area contributed by atoms with Crippen molar-refractivity contribution in [3.63, 3.8) is 0 Å². The van der Waals surface area contributed by atoms with Crippen LogP contribution in [0.5, 0.6) is 0 Å². The molecule has 0 spiro atoms. The van der Waals surface area contributed by atoms with Gasteiger partial charge in [0.15, 0.2) is 0 Å². The van der Waals surface area contributed by atoms with Gasteiger partial charge in [0.1, 0.15) is 0 Å². The standard InChI is InChI=1S/2C6H4BrNO2.2Na/c2*7-5-1-4(6(9)10)2-8-3-5;;/h2*1-3H,(H,9,10);;/q;;2*+1/p-2. The molecule has 2 aromatic rings. The Labute approximate surface area is 187 Å². The molecule has 0 aliphatic heterocycles. The molecule has 0 saturated heterocycles. The van der Waals surface area contributed by atoms with Crippen molar-refractivity contribution >= 4 is 43.8 Å². The molecule has 2 rings (SSSR count). The zero-order valence-electron chi connectivity index (χ0n) is 11.7. The molecule has 22 heavy (non-hydrogen) atoms. The van der Waals surface area contributed by atoms with E-state index in [2.05, 4.69) is 41.8 Å². The van der Waals surface area contributed by atoms with Gasteiger partial charge in [0.25, 0.3) is 0 Å². The second-order valence-corrected chi connectivity index (χ2v) is 5.19. The average molecular weight is 448 g/mol. The molecule has 10 heteroatoms. The van der Waals surface area contributed by atoms with E-state index in [1.54, 1.807) is 0 Å². The SMILES string of the molecule is O=C([O-])c1cncc(Br)c1.O=C([O-])c1cncc(Br)c1.[Na+].[Na+]. The van der Waals surface area contributed by atoms with E-state index in [0.29, 0.717) is 8.95 Å². The maximum absolute atomic E-state index is 10.2. The van der Waals surface area contributed by atoms with Crippen LogP contribution < -0.4 is 69.3 Å². The molecule has 0 saturated carbocycles. The molecule has 2 aromatic heterocycles. The van der Waals surface area contributed by atoms with E-state index in [9.17, 15) is 19.8 Å². The van der Waals surface area contributed by atoms with Crippen molar-refractivity contribution < 1.29 is 78.9 Å². The second-order valence-electron chi connectivity index (χ2n) is 3.36. The van der Waals surface area contributed by atoms with E-state index in [0.717, 1.165) is 0 Å². The minimum atomic E-state index is -1.21. The van der Waals surface area contributed by atoms with Crippen molar-refractivity contribution in [3.05, 3.63) is 57.0 Å². The number of aromatic carboxylic acids is 2. The van der Waals surface area contributed by atoms with Gasteiger partial charge < -0.3 is 19.8 Å². The molecular formula is C12H6Br2N2Na2O4. The fraction of sp³-hybridized carbons (Fsp3) is 0. The Bertz CT molecular complexity index is 589. The summed E-state index contributed by atoms with van der Waals surface area (Å²) in [7, 11) is 0. The van der Waals surface area contributed by atoms with Crippen molar-refractivity contribution in [1.82, 2.24) is 9.97 Å². The van der Waals surface area contributed by atoms with E-state index in [1.807, 2.05) is 0 Å². The fourth-order valence-corrected chi connectivity index (χ4v) is 1.78. The van der Waals surface area contributed by atoms with Crippen LogP contribution in [-0.2, 0) is 0 Å². The van der Waals surface area contributed by atoms with E-state index in [1.165, 1.54) is 36.9 Å². The van der Waals surface area contributed by atoms with E-state index >= 15 is 0 Å². The summed E-state index contributed by atoms with van der Waals surface area (Å²) in [6.45, 7) is 0. The first kappa shape index (κ1) is 24.5. The molecule has 2 heterocycles. The number of carboxylic acids is 2. The monoisotopic (exact) mass is 446 g/mol. The van der Waals surface area contributed by atoms with Gasteiger partial charge in [-0.25, -0.2) is 0 Å². The third kappa shape index (κ3) is 9.36. The number of halogens is 2. The van der Waals surface area contributed by atoms with Crippen LogP contribution in [0.2, 0.25) is 0 Å². The van der Waals surface area contributed by atoms with Gasteiger partial charge in [-0.3, -0.25) is 9.97 Å². The summed E-state index contributed by atoms with van der Waals surface area (Å²) in [4.78, 5) is 27.6. The number of hydrogen-bond acceptors (Lipinski definition) is 6. The number of carbonyl (C=O) groups excluding carboxylic acids is 2. The van der Waals surface area contributed by atoms with Gasteiger partial charge in [-0.1, -0.05) is 0 Å². The Kier molecular flexibility index (Phi) is 14.0. The summed E-state index contributed by atoms with van der Waals surface area (Å²) >= 11 is 6.15. The molecule has 104 valence electrons. The number of hydrogen-bond donors (Lipinski definition) is 0.